The molecule has 0 radical (unpaired) electrons. The van der Waals surface area contributed by atoms with E-state index in [1.807, 2.05) is 0 Å². The summed E-state index contributed by atoms with van der Waals surface area (Å²) in [4.78, 5) is 0. The molecule has 0 aromatic heterocycles. The van der Waals surface area contributed by atoms with Crippen molar-refractivity contribution in [3.8, 4) is 0 Å². The molecule has 0 nitrogen and oxygen atoms in total. The van der Waals surface area contributed by atoms with Crippen molar-refractivity contribution >= 4 is 11.6 Å². The van der Waals surface area contributed by atoms with Gasteiger partial charge in [-0.05, 0) is 11.6 Å². The van der Waals surface area contributed by atoms with E-state index in [0.29, 0.717) is 0 Å². The number of hydrogen-bond acceptors (Lipinski definition) is 0. The second-order valence-electron chi connectivity index (χ2n) is 0.799. The normalized spacial score (nSPS) is 13.7. The average Bonchev–Trinajstić information content (AvgIpc) is 1.65. The molecule has 0 aromatic carbocycles. The first-order valence-electron chi connectivity index (χ1n) is 1.44. The fourth-order valence-electron chi connectivity index (χ4n) is 0.0505. The van der Waals surface area contributed by atoms with Crippen LogP contribution in [0.3, 0.4) is 0 Å². The summed E-state index contributed by atoms with van der Waals surface area (Å²) >= 11 is 4.33. The molecular weight excluding hydrogens is 128 g/mol. The summed E-state index contributed by atoms with van der Waals surface area (Å²) in [5.74, 6) is -1.55. The molecule has 0 rings (SSSR count). The first-order chi connectivity index (χ1) is 3.18. The summed E-state index contributed by atoms with van der Waals surface area (Å²) in [6.45, 7) is -1.48. The number of alkyl halides is 1. The molecule has 0 aliphatic heterocycles. The van der Waals surface area contributed by atoms with Gasteiger partial charge < -0.3 is 0 Å². The number of allylic oxidation sites excluding steroid dienone is 1. The average molecular weight is 130 g/mol. The smallest absolute Gasteiger partial charge is 0.223 e. The van der Waals surface area contributed by atoms with Crippen molar-refractivity contribution in [2.24, 2.45) is 0 Å². The summed E-state index contributed by atoms with van der Waals surface area (Å²) in [7, 11) is 0. The summed E-state index contributed by atoms with van der Waals surface area (Å²) < 4.78 is 33.3. The zero-order chi connectivity index (χ0) is 5.86. The van der Waals surface area contributed by atoms with Gasteiger partial charge in [0, 0.05) is 0 Å². The maximum atomic E-state index is 11.3. The molecule has 0 aromatic rings. The minimum Gasteiger partial charge on any atom is -0.243 e. The first-order valence-corrected chi connectivity index (χ1v) is 1.82. The molecule has 0 atom stereocenters. The van der Waals surface area contributed by atoms with Gasteiger partial charge in [-0.2, -0.15) is 4.39 Å². The van der Waals surface area contributed by atoms with Gasteiger partial charge in [-0.15, -0.1) is 0 Å². The lowest BCUT2D eigenvalue weighted by Crippen LogP contribution is -1.74. The lowest BCUT2D eigenvalue weighted by molar-refractivity contribution is 0.439. The molecule has 0 saturated carbocycles. The van der Waals surface area contributed by atoms with E-state index in [1.165, 1.54) is 0 Å². The van der Waals surface area contributed by atoms with Gasteiger partial charge in [0.1, 0.15) is 6.67 Å². The van der Waals surface area contributed by atoms with E-state index in [1.54, 1.807) is 0 Å². The molecule has 0 fully saturated rings. The Hall–Kier alpha value is -0.180. The Morgan fingerprint density at radius 3 is 1.86 bits per heavy atom. The highest BCUT2D eigenvalue weighted by Crippen LogP contribution is 2.11. The van der Waals surface area contributed by atoms with Crippen molar-refractivity contribution < 1.29 is 13.2 Å². The second kappa shape index (κ2) is 2.91. The molecule has 0 spiro atoms. The van der Waals surface area contributed by atoms with Crippen LogP contribution in [0.5, 0.6) is 0 Å². The predicted molar refractivity (Wildman–Crippen MR) is 21.1 cm³/mol. The van der Waals surface area contributed by atoms with Gasteiger partial charge in [0.2, 0.25) is 5.29 Å². The lowest BCUT2D eigenvalue weighted by Gasteiger charge is -1.80. The van der Waals surface area contributed by atoms with Crippen LogP contribution in [0, 0.1) is 0 Å². The van der Waals surface area contributed by atoms with E-state index in [0.717, 1.165) is 0 Å². The molecule has 0 bridgehead atoms. The Morgan fingerprint density at radius 1 is 1.43 bits per heavy atom. The molecule has 0 unspecified atom stereocenters. The van der Waals surface area contributed by atoms with Gasteiger partial charge in [0.05, 0.1) is 0 Å². The molecule has 0 saturated heterocycles. The Labute approximate surface area is 43.6 Å². The minimum absolute atomic E-state index is 1.48. The molecule has 7 heavy (non-hydrogen) atoms. The van der Waals surface area contributed by atoms with Gasteiger partial charge in [0.15, 0.2) is 5.83 Å². The Balaban J connectivity index is 3.72. The second-order valence-corrected chi connectivity index (χ2v) is 1.13. The van der Waals surface area contributed by atoms with Gasteiger partial charge in [-0.1, -0.05) is 0 Å². The van der Waals surface area contributed by atoms with Crippen LogP contribution < -0.4 is 0 Å². The Morgan fingerprint density at radius 2 is 1.86 bits per heavy atom. The van der Waals surface area contributed by atoms with Crippen molar-refractivity contribution in [1.82, 2.24) is 0 Å². The van der Waals surface area contributed by atoms with Gasteiger partial charge in [0.25, 0.3) is 0 Å². The van der Waals surface area contributed by atoms with Crippen LogP contribution in [-0.4, -0.2) is 6.67 Å². The van der Waals surface area contributed by atoms with Crippen LogP contribution in [0.4, 0.5) is 13.2 Å². The molecule has 0 N–H and O–H groups in total. The van der Waals surface area contributed by atoms with Gasteiger partial charge in [-0.3, -0.25) is 0 Å². The van der Waals surface area contributed by atoms with E-state index in [2.05, 4.69) is 11.6 Å². The van der Waals surface area contributed by atoms with E-state index in [-0.39, 0.29) is 0 Å². The van der Waals surface area contributed by atoms with Crippen molar-refractivity contribution in [3.05, 3.63) is 11.1 Å². The largest absolute Gasteiger partial charge is 0.243 e. The minimum atomic E-state index is -1.61. The van der Waals surface area contributed by atoms with Crippen molar-refractivity contribution in [2.75, 3.05) is 6.67 Å². The monoisotopic (exact) mass is 130 g/mol. The van der Waals surface area contributed by atoms with Gasteiger partial charge in [-0.25, -0.2) is 8.78 Å². The standard InChI is InChI=1S/C3H2ClF3/c4-3(7)2(6)1-5/h1H2/b3-2-. The van der Waals surface area contributed by atoms with Crippen LogP contribution >= 0.6 is 11.6 Å². The van der Waals surface area contributed by atoms with E-state index < -0.39 is 17.8 Å². The third kappa shape index (κ3) is 2.51. The number of hydrogen-bond donors (Lipinski definition) is 0. The summed E-state index contributed by atoms with van der Waals surface area (Å²) in [6.07, 6.45) is 0. The maximum Gasteiger partial charge on any atom is 0.223 e. The van der Waals surface area contributed by atoms with Gasteiger partial charge >= 0.3 is 0 Å². The van der Waals surface area contributed by atoms with Crippen molar-refractivity contribution in [1.29, 1.82) is 0 Å². The molecule has 42 valence electrons. The zero-order valence-corrected chi connectivity index (χ0v) is 3.97. The quantitative estimate of drug-likeness (QED) is 0.511. The highest BCUT2D eigenvalue weighted by atomic mass is 35.5. The molecule has 4 heteroatoms. The summed E-state index contributed by atoms with van der Waals surface area (Å²) in [6, 6.07) is 0. The predicted octanol–water partition coefficient (Wildman–Crippen LogP) is 2.30. The molecule has 0 aliphatic rings. The van der Waals surface area contributed by atoms with Crippen LogP contribution in [0.1, 0.15) is 0 Å². The van der Waals surface area contributed by atoms with Crippen LogP contribution in [0.15, 0.2) is 11.1 Å². The van der Waals surface area contributed by atoms with Crippen LogP contribution in [0.25, 0.3) is 0 Å². The van der Waals surface area contributed by atoms with Crippen LogP contribution in [0.2, 0.25) is 0 Å². The summed E-state index contributed by atoms with van der Waals surface area (Å²) in [5.41, 5.74) is 0. The van der Waals surface area contributed by atoms with Crippen LogP contribution in [-0.2, 0) is 0 Å². The highest BCUT2D eigenvalue weighted by molar-refractivity contribution is 6.28. The number of halogens is 4. The first kappa shape index (κ1) is 6.82. The highest BCUT2D eigenvalue weighted by Gasteiger charge is 1.98. The van der Waals surface area contributed by atoms with E-state index in [4.69, 9.17) is 0 Å². The Bertz CT molecular complexity index is 84.2. The molecule has 0 aliphatic carbocycles. The third-order valence-corrected chi connectivity index (χ3v) is 0.527. The SMILES string of the molecule is FC/C(F)=C(/F)Cl. The fourth-order valence-corrected chi connectivity index (χ4v) is 0.101. The van der Waals surface area contributed by atoms with Crippen molar-refractivity contribution in [3.63, 3.8) is 0 Å². The van der Waals surface area contributed by atoms with Crippen molar-refractivity contribution in [2.45, 2.75) is 0 Å². The molecule has 0 heterocycles. The summed E-state index contributed by atoms with van der Waals surface area (Å²) in [5, 5.41) is -1.61. The number of rotatable bonds is 1. The Kier molecular flexibility index (Phi) is 2.83. The van der Waals surface area contributed by atoms with E-state index >= 15 is 0 Å². The topological polar surface area (TPSA) is 0 Å². The maximum absolute atomic E-state index is 11.3. The molecular formula is C3H2ClF3. The third-order valence-electron chi connectivity index (χ3n) is 0.322. The lowest BCUT2D eigenvalue weighted by atomic mass is 10.7. The van der Waals surface area contributed by atoms with E-state index in [9.17, 15) is 13.2 Å². The zero-order valence-electron chi connectivity index (χ0n) is 3.22. The fraction of sp³-hybridized carbons (Fsp3) is 0.333. The molecule has 0 amide bonds.